The van der Waals surface area contributed by atoms with Gasteiger partial charge in [-0.2, -0.15) is 0 Å². The van der Waals surface area contributed by atoms with Crippen molar-refractivity contribution in [3.8, 4) is 0 Å². The molecule has 1 amide bonds. The SMILES string of the molecule is Cc1cnc(C(NC(=O)c2ccc3c(c2)[nH]c(=O)n3C)C2CC2)[nH]1. The fourth-order valence-corrected chi connectivity index (χ4v) is 3.03. The largest absolute Gasteiger partial charge is 0.344 e. The molecule has 1 saturated carbocycles. The van der Waals surface area contributed by atoms with E-state index in [1.54, 1.807) is 31.4 Å². The molecule has 0 saturated heterocycles. The van der Waals surface area contributed by atoms with Crippen molar-refractivity contribution in [3.63, 3.8) is 0 Å². The molecule has 3 N–H and O–H groups in total. The molecule has 2 aromatic heterocycles. The number of carbonyl (C=O) groups excluding carboxylic acids is 1. The van der Waals surface area contributed by atoms with E-state index in [2.05, 4.69) is 20.3 Å². The maximum Gasteiger partial charge on any atom is 0.326 e. The fourth-order valence-electron chi connectivity index (χ4n) is 3.03. The summed E-state index contributed by atoms with van der Waals surface area (Å²) in [4.78, 5) is 34.7. The summed E-state index contributed by atoms with van der Waals surface area (Å²) in [7, 11) is 1.70. The van der Waals surface area contributed by atoms with Crippen molar-refractivity contribution < 1.29 is 4.79 Å². The van der Waals surface area contributed by atoms with E-state index in [1.165, 1.54) is 4.57 Å². The molecule has 0 aliphatic heterocycles. The summed E-state index contributed by atoms with van der Waals surface area (Å²) in [5.41, 5.74) is 2.75. The first-order valence-corrected chi connectivity index (χ1v) is 8.04. The van der Waals surface area contributed by atoms with Gasteiger partial charge in [0.15, 0.2) is 0 Å². The lowest BCUT2D eigenvalue weighted by Gasteiger charge is -2.16. The summed E-state index contributed by atoms with van der Waals surface area (Å²) in [6.07, 6.45) is 3.96. The first kappa shape index (κ1) is 14.7. The molecule has 0 spiro atoms. The van der Waals surface area contributed by atoms with E-state index in [0.717, 1.165) is 29.9 Å². The molecule has 0 bridgehead atoms. The lowest BCUT2D eigenvalue weighted by molar-refractivity contribution is 0.0930. The monoisotopic (exact) mass is 325 g/mol. The van der Waals surface area contributed by atoms with Crippen LogP contribution in [0.1, 0.15) is 40.8 Å². The quantitative estimate of drug-likeness (QED) is 0.682. The van der Waals surface area contributed by atoms with Gasteiger partial charge < -0.3 is 15.3 Å². The molecule has 7 nitrogen and oxygen atoms in total. The smallest absolute Gasteiger partial charge is 0.326 e. The first-order chi connectivity index (χ1) is 11.5. The predicted octanol–water partition coefficient (Wildman–Crippen LogP) is 1.78. The number of amides is 1. The Kier molecular flexibility index (Phi) is 3.30. The van der Waals surface area contributed by atoms with E-state index < -0.39 is 0 Å². The average Bonchev–Trinajstić information content (AvgIpc) is 3.25. The van der Waals surface area contributed by atoms with E-state index in [9.17, 15) is 9.59 Å². The summed E-state index contributed by atoms with van der Waals surface area (Å²) < 4.78 is 1.52. The van der Waals surface area contributed by atoms with E-state index >= 15 is 0 Å². The summed E-state index contributed by atoms with van der Waals surface area (Å²) >= 11 is 0. The van der Waals surface area contributed by atoms with Crippen LogP contribution in [0.15, 0.2) is 29.2 Å². The number of H-pyrrole nitrogens is 2. The molecule has 2 heterocycles. The van der Waals surface area contributed by atoms with Gasteiger partial charge in [0.25, 0.3) is 5.91 Å². The molecule has 1 atom stereocenters. The molecular weight excluding hydrogens is 306 g/mol. The minimum absolute atomic E-state index is 0.100. The minimum atomic E-state index is -0.190. The van der Waals surface area contributed by atoms with E-state index in [1.807, 2.05) is 6.92 Å². The van der Waals surface area contributed by atoms with Gasteiger partial charge in [-0.05, 0) is 43.9 Å². The van der Waals surface area contributed by atoms with Crippen LogP contribution < -0.4 is 11.0 Å². The maximum atomic E-state index is 12.7. The van der Waals surface area contributed by atoms with Crippen molar-refractivity contribution in [2.45, 2.75) is 25.8 Å². The van der Waals surface area contributed by atoms with Crippen LogP contribution in [0.2, 0.25) is 0 Å². The second-order valence-corrected chi connectivity index (χ2v) is 6.46. The van der Waals surface area contributed by atoms with Crippen LogP contribution in [0.4, 0.5) is 0 Å². The Labute approximate surface area is 138 Å². The Balaban J connectivity index is 1.61. The topological polar surface area (TPSA) is 95.6 Å². The number of fused-ring (bicyclic) bond motifs is 1. The Bertz CT molecular complexity index is 976. The van der Waals surface area contributed by atoms with Crippen LogP contribution in [-0.4, -0.2) is 25.4 Å². The Hall–Kier alpha value is -2.83. The highest BCUT2D eigenvalue weighted by Gasteiger charge is 2.35. The predicted molar refractivity (Wildman–Crippen MR) is 89.8 cm³/mol. The van der Waals surface area contributed by atoms with Crippen LogP contribution >= 0.6 is 0 Å². The van der Waals surface area contributed by atoms with Gasteiger partial charge in [-0.1, -0.05) is 0 Å². The van der Waals surface area contributed by atoms with Crippen molar-refractivity contribution in [1.82, 2.24) is 24.8 Å². The van der Waals surface area contributed by atoms with Gasteiger partial charge in [0.1, 0.15) is 5.82 Å². The first-order valence-electron chi connectivity index (χ1n) is 8.04. The van der Waals surface area contributed by atoms with E-state index in [4.69, 9.17) is 0 Å². The zero-order chi connectivity index (χ0) is 16.8. The summed E-state index contributed by atoms with van der Waals surface area (Å²) in [5.74, 6) is 1.07. The molecule has 24 heavy (non-hydrogen) atoms. The van der Waals surface area contributed by atoms with Gasteiger partial charge in [0, 0.05) is 24.5 Å². The zero-order valence-electron chi connectivity index (χ0n) is 13.6. The third kappa shape index (κ3) is 2.51. The fraction of sp³-hybridized carbons (Fsp3) is 0.353. The number of benzene rings is 1. The van der Waals surface area contributed by atoms with Gasteiger partial charge in [-0.3, -0.25) is 9.36 Å². The number of aromatic nitrogens is 4. The minimum Gasteiger partial charge on any atom is -0.344 e. The molecular formula is C17H19N5O2. The van der Waals surface area contributed by atoms with Crippen LogP contribution in [0.5, 0.6) is 0 Å². The molecule has 1 fully saturated rings. The molecule has 0 radical (unpaired) electrons. The van der Waals surface area contributed by atoms with Crippen molar-refractivity contribution >= 4 is 16.9 Å². The molecule has 1 aromatic carbocycles. The average molecular weight is 325 g/mol. The second-order valence-electron chi connectivity index (χ2n) is 6.46. The molecule has 124 valence electrons. The van der Waals surface area contributed by atoms with E-state index in [0.29, 0.717) is 17.0 Å². The Morgan fingerprint density at radius 2 is 2.17 bits per heavy atom. The van der Waals surface area contributed by atoms with Gasteiger partial charge in [-0.15, -0.1) is 0 Å². The van der Waals surface area contributed by atoms with Crippen molar-refractivity contribution in [2.75, 3.05) is 0 Å². The number of nitrogens with zero attached hydrogens (tertiary/aromatic N) is 2. The van der Waals surface area contributed by atoms with E-state index in [-0.39, 0.29) is 17.6 Å². The summed E-state index contributed by atoms with van der Waals surface area (Å²) in [6, 6.07) is 5.13. The zero-order valence-corrected chi connectivity index (χ0v) is 13.6. The lowest BCUT2D eigenvalue weighted by atomic mass is 10.1. The number of carbonyl (C=O) groups is 1. The van der Waals surface area contributed by atoms with Gasteiger partial charge >= 0.3 is 5.69 Å². The third-order valence-electron chi connectivity index (χ3n) is 4.56. The Morgan fingerprint density at radius 3 is 2.83 bits per heavy atom. The van der Waals surface area contributed by atoms with Gasteiger partial charge in [-0.25, -0.2) is 9.78 Å². The van der Waals surface area contributed by atoms with Crippen molar-refractivity contribution in [3.05, 3.63) is 52.0 Å². The normalized spacial score (nSPS) is 15.6. The number of hydrogen-bond acceptors (Lipinski definition) is 3. The number of aryl methyl sites for hydroxylation is 2. The maximum absolute atomic E-state index is 12.7. The van der Waals surface area contributed by atoms with Crippen LogP contribution in [0.3, 0.4) is 0 Å². The highest BCUT2D eigenvalue weighted by Crippen LogP contribution is 2.40. The molecule has 1 aliphatic carbocycles. The molecule has 3 aromatic rings. The molecule has 1 aliphatic rings. The number of hydrogen-bond donors (Lipinski definition) is 3. The van der Waals surface area contributed by atoms with Gasteiger partial charge in [0.05, 0.1) is 17.1 Å². The standard InChI is InChI=1S/C17H19N5O2/c1-9-8-18-15(19-9)14(10-3-4-10)21-16(23)11-5-6-13-12(7-11)20-17(24)22(13)2/h5-8,10,14H,3-4H2,1-2H3,(H,18,19)(H,20,24)(H,21,23). The second kappa shape index (κ2) is 5.36. The number of rotatable bonds is 4. The third-order valence-corrected chi connectivity index (χ3v) is 4.56. The number of nitrogens with one attached hydrogen (secondary N) is 3. The number of imidazole rings is 2. The van der Waals surface area contributed by atoms with Crippen LogP contribution in [-0.2, 0) is 7.05 Å². The highest BCUT2D eigenvalue weighted by atomic mass is 16.2. The van der Waals surface area contributed by atoms with Crippen molar-refractivity contribution in [2.24, 2.45) is 13.0 Å². The lowest BCUT2D eigenvalue weighted by Crippen LogP contribution is -2.30. The highest BCUT2D eigenvalue weighted by molar-refractivity contribution is 5.97. The molecule has 4 rings (SSSR count). The molecule has 1 unspecified atom stereocenters. The summed E-state index contributed by atoms with van der Waals surface area (Å²) in [6.45, 7) is 1.95. The molecule has 7 heteroatoms. The van der Waals surface area contributed by atoms with Crippen molar-refractivity contribution in [1.29, 1.82) is 0 Å². The Morgan fingerprint density at radius 1 is 1.38 bits per heavy atom. The number of aromatic amines is 2. The summed E-state index contributed by atoms with van der Waals surface area (Å²) in [5, 5.41) is 3.08. The van der Waals surface area contributed by atoms with Crippen LogP contribution in [0.25, 0.3) is 11.0 Å². The van der Waals surface area contributed by atoms with Gasteiger partial charge in [0.2, 0.25) is 0 Å². The van der Waals surface area contributed by atoms with Crippen LogP contribution in [0, 0.1) is 12.8 Å².